The average molecular weight is 844 g/mol. The second kappa shape index (κ2) is 19.3. The molecule has 0 bridgehead atoms. The van der Waals surface area contributed by atoms with Gasteiger partial charge < -0.3 is 22.6 Å². The van der Waals surface area contributed by atoms with E-state index in [0.717, 1.165) is 41.2 Å². The fraction of sp³-hybridized carbons (Fsp3) is 0.163. The maximum Gasteiger partial charge on any atom is 0.306 e. The molecule has 0 unspecified atom stereocenters. The van der Waals surface area contributed by atoms with Crippen molar-refractivity contribution in [3.05, 3.63) is 156 Å². The third-order valence-corrected chi connectivity index (χ3v) is 9.95. The van der Waals surface area contributed by atoms with Gasteiger partial charge in [0.2, 0.25) is 0 Å². The first-order chi connectivity index (χ1) is 27.9. The van der Waals surface area contributed by atoms with Crippen molar-refractivity contribution in [3.8, 4) is 51.0 Å². The Kier molecular flexibility index (Phi) is 14.0. The number of hydroxylamine groups is 2. The lowest BCUT2D eigenvalue weighted by molar-refractivity contribution is -0.369. The van der Waals surface area contributed by atoms with E-state index in [9.17, 15) is 16.8 Å². The Morgan fingerprint density at radius 1 is 0.552 bits per heavy atom. The van der Waals surface area contributed by atoms with Crippen LogP contribution in [-0.4, -0.2) is 48.6 Å². The predicted molar refractivity (Wildman–Crippen MR) is 222 cm³/mol. The standard InChI is InChI=1S/C43H41NO11S3/c1-49-40-27-37(34-20-23-36(24-21-34)56-55-54-44(28-31-14-8-5-9-15-31)29-32-16-10-6-11-17-32)42(50-2)43(53-58(4,47)48)41(40)35-22-25-38(39(26-35)52-57(3,45)46)51-30-33-18-12-7-13-19-33/h5-27H,28-30H2,1-4H3. The van der Waals surface area contributed by atoms with Crippen LogP contribution in [0.2, 0.25) is 0 Å². The minimum Gasteiger partial charge on any atom is -0.496 e. The molecule has 0 radical (unpaired) electrons. The fourth-order valence-electron chi connectivity index (χ4n) is 5.92. The van der Waals surface area contributed by atoms with Crippen molar-refractivity contribution < 1.29 is 48.7 Å². The van der Waals surface area contributed by atoms with Crippen LogP contribution in [0.15, 0.2) is 144 Å². The lowest BCUT2D eigenvalue weighted by Gasteiger charge is -2.21. The van der Waals surface area contributed by atoms with Crippen molar-refractivity contribution in [1.82, 2.24) is 5.06 Å². The molecule has 15 heteroatoms. The fourth-order valence-corrected chi connectivity index (χ4v) is 7.28. The normalized spacial score (nSPS) is 11.6. The van der Waals surface area contributed by atoms with Crippen molar-refractivity contribution in [1.29, 1.82) is 0 Å². The number of rotatable bonds is 19. The molecule has 0 N–H and O–H groups in total. The van der Waals surface area contributed by atoms with E-state index in [4.69, 9.17) is 31.9 Å². The highest BCUT2D eigenvalue weighted by molar-refractivity contribution is 7.94. The lowest BCUT2D eigenvalue weighted by Crippen LogP contribution is -2.22. The molecule has 0 aliphatic carbocycles. The summed E-state index contributed by atoms with van der Waals surface area (Å²) >= 11 is 1.02. The molecule has 0 saturated heterocycles. The Bertz CT molecular complexity index is 2460. The summed E-state index contributed by atoms with van der Waals surface area (Å²) in [6.07, 6.45) is 1.82. The summed E-state index contributed by atoms with van der Waals surface area (Å²) in [7, 11) is -5.35. The molecule has 0 aliphatic heterocycles. The van der Waals surface area contributed by atoms with E-state index in [0.29, 0.717) is 34.7 Å². The predicted octanol–water partition coefficient (Wildman–Crippen LogP) is 8.87. The molecule has 302 valence electrons. The molecule has 0 aromatic heterocycles. The van der Waals surface area contributed by atoms with E-state index in [2.05, 4.69) is 0 Å². The van der Waals surface area contributed by atoms with Gasteiger partial charge in [-0.15, -0.1) is 14.4 Å². The van der Waals surface area contributed by atoms with Crippen LogP contribution in [0.5, 0.6) is 28.7 Å². The SMILES string of the molecule is COc1cc(-c2ccc(SOON(Cc3ccccc3)Cc3ccccc3)cc2)c(OC)c(OS(C)(=O)=O)c1-c1ccc(OCc2ccccc2)c(OS(C)(=O)=O)c1. The smallest absolute Gasteiger partial charge is 0.306 e. The summed E-state index contributed by atoms with van der Waals surface area (Å²) in [5.41, 5.74) is 4.49. The first-order valence-corrected chi connectivity index (χ1v) is 22.1. The van der Waals surface area contributed by atoms with Gasteiger partial charge in [0, 0.05) is 10.5 Å². The molecule has 58 heavy (non-hydrogen) atoms. The molecule has 0 amide bonds. The van der Waals surface area contributed by atoms with Crippen molar-refractivity contribution in [2.45, 2.75) is 24.6 Å². The molecule has 0 spiro atoms. The van der Waals surface area contributed by atoms with Crippen LogP contribution in [-0.2, 0) is 49.3 Å². The Hall–Kier alpha value is -5.55. The van der Waals surface area contributed by atoms with E-state index in [1.807, 2.05) is 103 Å². The summed E-state index contributed by atoms with van der Waals surface area (Å²) in [6.45, 7) is 1.11. The summed E-state index contributed by atoms with van der Waals surface area (Å²) in [5, 5.41) is 1.72. The first kappa shape index (κ1) is 42.1. The van der Waals surface area contributed by atoms with Crippen LogP contribution < -0.4 is 22.6 Å². The average Bonchev–Trinajstić information content (AvgIpc) is 3.20. The number of benzene rings is 6. The van der Waals surface area contributed by atoms with E-state index in [1.165, 1.54) is 26.4 Å². The Labute approximate surface area is 343 Å². The van der Waals surface area contributed by atoms with Crippen molar-refractivity contribution in [2.24, 2.45) is 0 Å². The zero-order valence-corrected chi connectivity index (χ0v) is 34.5. The maximum absolute atomic E-state index is 12.8. The van der Waals surface area contributed by atoms with Gasteiger partial charge in [0.25, 0.3) is 0 Å². The van der Waals surface area contributed by atoms with Crippen LogP contribution in [0.4, 0.5) is 0 Å². The number of ether oxygens (including phenoxy) is 3. The van der Waals surface area contributed by atoms with E-state index in [-0.39, 0.29) is 40.9 Å². The Morgan fingerprint density at radius 2 is 1.10 bits per heavy atom. The van der Waals surface area contributed by atoms with Gasteiger partial charge in [0.05, 0.1) is 57.4 Å². The molecule has 0 fully saturated rings. The number of nitrogens with zero attached hydrogens (tertiary/aromatic N) is 1. The van der Waals surface area contributed by atoms with Gasteiger partial charge in [0.15, 0.2) is 23.0 Å². The summed E-state index contributed by atoms with van der Waals surface area (Å²) in [4.78, 5) is 6.48. The monoisotopic (exact) mass is 843 g/mol. The summed E-state index contributed by atoms with van der Waals surface area (Å²) in [6, 6.07) is 42.6. The first-order valence-electron chi connectivity index (χ1n) is 17.7. The maximum atomic E-state index is 12.8. The van der Waals surface area contributed by atoms with Gasteiger partial charge in [-0.2, -0.15) is 16.8 Å². The highest BCUT2D eigenvalue weighted by Crippen LogP contribution is 2.52. The van der Waals surface area contributed by atoms with Crippen molar-refractivity contribution in [2.75, 3.05) is 26.7 Å². The quantitative estimate of drug-likeness (QED) is 0.0333. The van der Waals surface area contributed by atoms with Crippen molar-refractivity contribution in [3.63, 3.8) is 0 Å². The van der Waals surface area contributed by atoms with Gasteiger partial charge >= 0.3 is 20.2 Å². The molecule has 6 rings (SSSR count). The largest absolute Gasteiger partial charge is 0.496 e. The summed E-state index contributed by atoms with van der Waals surface area (Å²) in [5.74, 6) is 0.0978. The second-order valence-electron chi connectivity index (χ2n) is 12.9. The minimum atomic E-state index is -4.14. The molecular formula is C43H41NO11S3. The van der Waals surface area contributed by atoms with Crippen LogP contribution in [0, 0.1) is 0 Å². The number of hydrogen-bond acceptors (Lipinski definition) is 13. The minimum absolute atomic E-state index is 0.0775. The van der Waals surface area contributed by atoms with Gasteiger partial charge in [-0.05, 0) is 58.1 Å². The van der Waals surface area contributed by atoms with Gasteiger partial charge in [-0.25, -0.2) is 0 Å². The molecule has 12 nitrogen and oxygen atoms in total. The number of methoxy groups -OCH3 is 2. The van der Waals surface area contributed by atoms with Gasteiger partial charge in [0.1, 0.15) is 12.4 Å². The molecule has 0 heterocycles. The third kappa shape index (κ3) is 11.8. The third-order valence-electron chi connectivity index (χ3n) is 8.40. The molecule has 6 aromatic rings. The van der Waals surface area contributed by atoms with Crippen LogP contribution in [0.25, 0.3) is 22.3 Å². The van der Waals surface area contributed by atoms with Crippen LogP contribution in [0.1, 0.15) is 16.7 Å². The number of hydrogen-bond donors (Lipinski definition) is 0. The van der Waals surface area contributed by atoms with Crippen LogP contribution in [0.3, 0.4) is 0 Å². The van der Waals surface area contributed by atoms with E-state index in [1.54, 1.807) is 29.3 Å². The highest BCUT2D eigenvalue weighted by atomic mass is 32.2. The Morgan fingerprint density at radius 3 is 1.64 bits per heavy atom. The molecule has 0 aliphatic rings. The molecule has 0 atom stereocenters. The van der Waals surface area contributed by atoms with Crippen LogP contribution >= 0.6 is 12.0 Å². The van der Waals surface area contributed by atoms with Gasteiger partial charge in [-0.3, -0.25) is 0 Å². The second-order valence-corrected chi connectivity index (χ2v) is 16.8. The van der Waals surface area contributed by atoms with E-state index < -0.39 is 20.2 Å². The van der Waals surface area contributed by atoms with E-state index >= 15 is 0 Å². The molecule has 0 saturated carbocycles. The van der Waals surface area contributed by atoms with Gasteiger partial charge in [-0.1, -0.05) is 109 Å². The lowest BCUT2D eigenvalue weighted by atomic mass is 9.96. The topological polar surface area (TPSA) is 136 Å². The zero-order valence-electron chi connectivity index (χ0n) is 32.1. The summed E-state index contributed by atoms with van der Waals surface area (Å²) < 4.78 is 84.4. The molecular weight excluding hydrogens is 803 g/mol. The Balaban J connectivity index is 1.29. The zero-order chi connectivity index (χ0) is 41.1. The van der Waals surface area contributed by atoms with Crippen molar-refractivity contribution >= 4 is 32.3 Å². The highest BCUT2D eigenvalue weighted by Gasteiger charge is 2.27. The molecule has 6 aromatic carbocycles.